The Kier molecular flexibility index (Phi) is 8.59. The number of aliphatic carboxylic acids is 1. The number of amides is 2. The first-order chi connectivity index (χ1) is 18.1. The van der Waals surface area contributed by atoms with Gasteiger partial charge in [0.05, 0.1) is 0 Å². The lowest BCUT2D eigenvalue weighted by Crippen LogP contribution is -2.43. The zero-order chi connectivity index (χ0) is 27.3. The lowest BCUT2D eigenvalue weighted by Gasteiger charge is -2.30. The van der Waals surface area contributed by atoms with Crippen LogP contribution in [0.1, 0.15) is 69.9 Å². The Morgan fingerprint density at radius 2 is 1.45 bits per heavy atom. The summed E-state index contributed by atoms with van der Waals surface area (Å²) in [5, 5.41) is 15.2. The van der Waals surface area contributed by atoms with E-state index in [-0.39, 0.29) is 18.4 Å². The van der Waals surface area contributed by atoms with Crippen molar-refractivity contribution in [3.63, 3.8) is 0 Å². The molecule has 38 heavy (non-hydrogen) atoms. The van der Waals surface area contributed by atoms with Crippen LogP contribution in [0.15, 0.2) is 48.5 Å². The first kappa shape index (κ1) is 27.5. The quantitative estimate of drug-likeness (QED) is 0.410. The standard InChI is InChI=1S/C30H38N2O6/c1-30(2,3)38-28(35)31-17-20-14-12-19(13-15-20)16-26(27(33)34)32-29(36)37-18-25-23-10-6-4-8-21(23)22-9-5-7-11-24(22)25/h4-11,19-20,25-26H,12-18H2,1-3H3,(H,31,35)(H,32,36)(H,33,34)/t19?,20?,26-/m0/s1. The van der Waals surface area contributed by atoms with Gasteiger partial charge in [-0.15, -0.1) is 0 Å². The minimum Gasteiger partial charge on any atom is -0.480 e. The highest BCUT2D eigenvalue weighted by Gasteiger charge is 2.31. The van der Waals surface area contributed by atoms with Crippen molar-refractivity contribution in [3.05, 3.63) is 59.7 Å². The van der Waals surface area contributed by atoms with Gasteiger partial charge in [0.1, 0.15) is 18.2 Å². The number of alkyl carbamates (subject to hydrolysis) is 2. The molecule has 2 aromatic carbocycles. The van der Waals surface area contributed by atoms with E-state index < -0.39 is 29.8 Å². The van der Waals surface area contributed by atoms with Crippen molar-refractivity contribution in [3.8, 4) is 11.1 Å². The number of ether oxygens (including phenoxy) is 2. The molecule has 2 aliphatic carbocycles. The zero-order valence-corrected chi connectivity index (χ0v) is 22.4. The number of benzene rings is 2. The Morgan fingerprint density at radius 3 is 2.00 bits per heavy atom. The number of rotatable bonds is 8. The van der Waals surface area contributed by atoms with Crippen molar-refractivity contribution in [1.82, 2.24) is 10.6 Å². The third-order valence-corrected chi connectivity index (χ3v) is 7.40. The van der Waals surface area contributed by atoms with Gasteiger partial charge in [-0.2, -0.15) is 0 Å². The van der Waals surface area contributed by atoms with Crippen LogP contribution in [-0.4, -0.2) is 48.1 Å². The summed E-state index contributed by atoms with van der Waals surface area (Å²) < 4.78 is 10.8. The van der Waals surface area contributed by atoms with E-state index in [4.69, 9.17) is 9.47 Å². The largest absolute Gasteiger partial charge is 0.480 e. The summed E-state index contributed by atoms with van der Waals surface area (Å²) in [4.78, 5) is 36.4. The number of carboxylic acids is 1. The number of hydrogen-bond acceptors (Lipinski definition) is 5. The molecule has 0 saturated heterocycles. The topological polar surface area (TPSA) is 114 Å². The smallest absolute Gasteiger partial charge is 0.407 e. The van der Waals surface area contributed by atoms with Crippen LogP contribution in [0.5, 0.6) is 0 Å². The molecule has 0 aromatic heterocycles. The van der Waals surface area contributed by atoms with E-state index in [9.17, 15) is 19.5 Å². The predicted octanol–water partition coefficient (Wildman–Crippen LogP) is 5.70. The van der Waals surface area contributed by atoms with Crippen molar-refractivity contribution in [2.75, 3.05) is 13.2 Å². The Bertz CT molecular complexity index is 1100. The van der Waals surface area contributed by atoms with Crippen LogP contribution in [0.25, 0.3) is 11.1 Å². The number of nitrogens with one attached hydrogen (secondary N) is 2. The molecule has 204 valence electrons. The summed E-state index contributed by atoms with van der Waals surface area (Å²) in [5.74, 6) is -0.631. The first-order valence-electron chi connectivity index (χ1n) is 13.4. The molecule has 1 atom stereocenters. The Labute approximate surface area is 224 Å². The maximum absolute atomic E-state index is 12.6. The number of carbonyl (C=O) groups excluding carboxylic acids is 2. The van der Waals surface area contributed by atoms with Crippen molar-refractivity contribution in [1.29, 1.82) is 0 Å². The summed E-state index contributed by atoms with van der Waals surface area (Å²) in [7, 11) is 0. The molecule has 8 nitrogen and oxygen atoms in total. The van der Waals surface area contributed by atoms with Gasteiger partial charge in [0.2, 0.25) is 0 Å². The molecule has 3 N–H and O–H groups in total. The van der Waals surface area contributed by atoms with E-state index in [1.165, 1.54) is 0 Å². The van der Waals surface area contributed by atoms with E-state index in [0.29, 0.717) is 18.9 Å². The van der Waals surface area contributed by atoms with Gasteiger partial charge in [-0.05, 0) is 74.1 Å². The maximum Gasteiger partial charge on any atom is 0.407 e. The fourth-order valence-corrected chi connectivity index (χ4v) is 5.55. The van der Waals surface area contributed by atoms with E-state index in [1.807, 2.05) is 57.2 Å². The van der Waals surface area contributed by atoms with Crippen LogP contribution in [0, 0.1) is 11.8 Å². The van der Waals surface area contributed by atoms with E-state index in [2.05, 4.69) is 22.8 Å². The molecule has 0 unspecified atom stereocenters. The van der Waals surface area contributed by atoms with Crippen LogP contribution in [0.3, 0.4) is 0 Å². The van der Waals surface area contributed by atoms with E-state index in [1.54, 1.807) is 0 Å². The van der Waals surface area contributed by atoms with Crippen molar-refractivity contribution >= 4 is 18.2 Å². The third kappa shape index (κ3) is 7.05. The summed E-state index contributed by atoms with van der Waals surface area (Å²) >= 11 is 0. The predicted molar refractivity (Wildman–Crippen MR) is 144 cm³/mol. The summed E-state index contributed by atoms with van der Waals surface area (Å²) in [5.41, 5.74) is 3.95. The summed E-state index contributed by atoms with van der Waals surface area (Å²) in [6.07, 6.45) is 2.68. The Hall–Kier alpha value is -3.55. The fourth-order valence-electron chi connectivity index (χ4n) is 5.55. The fraction of sp³-hybridized carbons (Fsp3) is 0.500. The van der Waals surface area contributed by atoms with Gasteiger partial charge in [0, 0.05) is 12.5 Å². The monoisotopic (exact) mass is 522 g/mol. The van der Waals surface area contributed by atoms with E-state index in [0.717, 1.165) is 47.9 Å². The van der Waals surface area contributed by atoms with Crippen LogP contribution < -0.4 is 10.6 Å². The number of carboxylic acid groups (broad SMARTS) is 1. The van der Waals surface area contributed by atoms with Gasteiger partial charge in [-0.3, -0.25) is 0 Å². The van der Waals surface area contributed by atoms with Crippen LogP contribution in [-0.2, 0) is 14.3 Å². The molecule has 8 heteroatoms. The average molecular weight is 523 g/mol. The van der Waals surface area contributed by atoms with Gasteiger partial charge in [-0.25, -0.2) is 14.4 Å². The second kappa shape index (κ2) is 11.9. The molecule has 2 aromatic rings. The van der Waals surface area contributed by atoms with Gasteiger partial charge < -0.3 is 25.2 Å². The second-order valence-electron chi connectivity index (χ2n) is 11.4. The molecule has 0 bridgehead atoms. The zero-order valence-electron chi connectivity index (χ0n) is 22.4. The molecule has 1 fully saturated rings. The van der Waals surface area contributed by atoms with E-state index >= 15 is 0 Å². The normalized spacial score (nSPS) is 19.6. The maximum atomic E-state index is 12.6. The lowest BCUT2D eigenvalue weighted by atomic mass is 9.79. The van der Waals surface area contributed by atoms with Crippen LogP contribution in [0.4, 0.5) is 9.59 Å². The van der Waals surface area contributed by atoms with Crippen LogP contribution >= 0.6 is 0 Å². The van der Waals surface area contributed by atoms with Gasteiger partial charge >= 0.3 is 18.2 Å². The molecular formula is C30H38N2O6. The third-order valence-electron chi connectivity index (χ3n) is 7.40. The SMILES string of the molecule is CC(C)(C)OC(=O)NCC1CCC(C[C@H](NC(=O)OCC2c3ccccc3-c3ccccc32)C(=O)O)CC1. The minimum absolute atomic E-state index is 0.0824. The molecule has 0 aliphatic heterocycles. The molecule has 2 aliphatic rings. The summed E-state index contributed by atoms with van der Waals surface area (Å²) in [6.45, 7) is 6.16. The number of hydrogen-bond donors (Lipinski definition) is 3. The van der Waals surface area contributed by atoms with Crippen molar-refractivity contribution in [2.45, 2.75) is 70.4 Å². The van der Waals surface area contributed by atoms with Gasteiger partial charge in [0.15, 0.2) is 0 Å². The van der Waals surface area contributed by atoms with Gasteiger partial charge in [0.25, 0.3) is 0 Å². The highest BCUT2D eigenvalue weighted by Crippen LogP contribution is 2.44. The molecule has 4 rings (SSSR count). The van der Waals surface area contributed by atoms with Crippen LogP contribution in [0.2, 0.25) is 0 Å². The lowest BCUT2D eigenvalue weighted by molar-refractivity contribution is -0.140. The van der Waals surface area contributed by atoms with Crippen molar-refractivity contribution < 1.29 is 29.0 Å². The van der Waals surface area contributed by atoms with Gasteiger partial charge in [-0.1, -0.05) is 61.4 Å². The molecule has 0 heterocycles. The highest BCUT2D eigenvalue weighted by atomic mass is 16.6. The minimum atomic E-state index is -1.06. The first-order valence-corrected chi connectivity index (χ1v) is 13.4. The highest BCUT2D eigenvalue weighted by molar-refractivity contribution is 5.81. The number of fused-ring (bicyclic) bond motifs is 3. The Balaban J connectivity index is 1.24. The molecular weight excluding hydrogens is 484 g/mol. The Morgan fingerprint density at radius 1 is 0.895 bits per heavy atom. The molecule has 1 saturated carbocycles. The number of carbonyl (C=O) groups is 3. The molecule has 2 amide bonds. The second-order valence-corrected chi connectivity index (χ2v) is 11.4. The molecule has 0 radical (unpaired) electrons. The summed E-state index contributed by atoms with van der Waals surface area (Å²) in [6, 6.07) is 15.1. The molecule has 0 spiro atoms. The van der Waals surface area contributed by atoms with Crippen molar-refractivity contribution in [2.24, 2.45) is 11.8 Å². The average Bonchev–Trinajstić information content (AvgIpc) is 3.19.